The molecular formula is C10H10ClIN2O2. The van der Waals surface area contributed by atoms with Crippen LogP contribution in [-0.2, 0) is 4.79 Å². The van der Waals surface area contributed by atoms with Crippen molar-refractivity contribution in [2.75, 3.05) is 0 Å². The van der Waals surface area contributed by atoms with Gasteiger partial charge in [-0.15, -0.1) is 0 Å². The van der Waals surface area contributed by atoms with Gasteiger partial charge in [-0.05, 0) is 47.7 Å². The van der Waals surface area contributed by atoms with Crippen LogP contribution in [0.1, 0.15) is 17.3 Å². The van der Waals surface area contributed by atoms with E-state index in [0.717, 1.165) is 3.57 Å². The number of amides is 2. The minimum atomic E-state index is -0.703. The Balaban J connectivity index is 2.81. The van der Waals surface area contributed by atoms with Crippen LogP contribution in [0.4, 0.5) is 0 Å². The van der Waals surface area contributed by atoms with Crippen LogP contribution in [0.25, 0.3) is 0 Å². The average molecular weight is 353 g/mol. The molecule has 0 saturated heterocycles. The lowest BCUT2D eigenvalue weighted by molar-refractivity contribution is -0.119. The Morgan fingerprint density at radius 1 is 1.50 bits per heavy atom. The Labute approximate surface area is 112 Å². The standard InChI is InChI=1S/C10H10ClIN2O2/c1-5(9(13)15)14-10(16)6-2-3-8(12)7(11)4-6/h2-5H,1H3,(H2,13,15)(H,14,16). The van der Waals surface area contributed by atoms with Crippen LogP contribution in [0.5, 0.6) is 0 Å². The molecule has 1 aromatic rings. The molecule has 2 amide bonds. The molecule has 6 heteroatoms. The Bertz CT molecular complexity index is 437. The molecule has 4 nitrogen and oxygen atoms in total. The number of halogens is 2. The van der Waals surface area contributed by atoms with Gasteiger partial charge in [0.05, 0.1) is 5.02 Å². The van der Waals surface area contributed by atoms with E-state index in [-0.39, 0.29) is 5.91 Å². The van der Waals surface area contributed by atoms with E-state index in [1.807, 2.05) is 0 Å². The predicted octanol–water partition coefficient (Wildman–Crippen LogP) is 1.55. The summed E-state index contributed by atoms with van der Waals surface area (Å²) < 4.78 is 0.860. The summed E-state index contributed by atoms with van der Waals surface area (Å²) in [6, 6.07) is 4.21. The van der Waals surface area contributed by atoms with Gasteiger partial charge in [-0.2, -0.15) is 0 Å². The topological polar surface area (TPSA) is 72.2 Å². The largest absolute Gasteiger partial charge is 0.368 e. The van der Waals surface area contributed by atoms with Crippen molar-refractivity contribution >= 4 is 46.0 Å². The Hall–Kier alpha value is -0.820. The van der Waals surface area contributed by atoms with Crippen molar-refractivity contribution in [2.24, 2.45) is 5.73 Å². The van der Waals surface area contributed by atoms with Crippen LogP contribution < -0.4 is 11.1 Å². The second kappa shape index (κ2) is 5.49. The maximum atomic E-state index is 11.6. The van der Waals surface area contributed by atoms with Gasteiger partial charge in [0.15, 0.2) is 0 Å². The summed E-state index contributed by atoms with van der Waals surface area (Å²) in [5.41, 5.74) is 5.44. The second-order valence-electron chi connectivity index (χ2n) is 3.23. The number of primary amides is 1. The quantitative estimate of drug-likeness (QED) is 0.810. The van der Waals surface area contributed by atoms with Crippen molar-refractivity contribution in [3.8, 4) is 0 Å². The van der Waals surface area contributed by atoms with Gasteiger partial charge in [-0.1, -0.05) is 11.6 Å². The SMILES string of the molecule is CC(NC(=O)c1ccc(I)c(Cl)c1)C(N)=O. The lowest BCUT2D eigenvalue weighted by Gasteiger charge is -2.10. The molecule has 0 heterocycles. The molecule has 0 aromatic heterocycles. The third-order valence-corrected chi connectivity index (χ3v) is 3.53. The number of nitrogens with two attached hydrogens (primary N) is 1. The normalized spacial score (nSPS) is 11.9. The molecule has 16 heavy (non-hydrogen) atoms. The van der Waals surface area contributed by atoms with Crippen molar-refractivity contribution in [3.05, 3.63) is 32.4 Å². The van der Waals surface area contributed by atoms with Gasteiger partial charge in [0, 0.05) is 9.13 Å². The first-order valence-corrected chi connectivity index (χ1v) is 5.92. The lowest BCUT2D eigenvalue weighted by atomic mass is 10.2. The zero-order chi connectivity index (χ0) is 12.3. The first kappa shape index (κ1) is 13.2. The summed E-state index contributed by atoms with van der Waals surface area (Å²) in [5.74, 6) is -0.949. The van der Waals surface area contributed by atoms with E-state index in [9.17, 15) is 9.59 Å². The minimum Gasteiger partial charge on any atom is -0.368 e. The molecule has 1 atom stereocenters. The van der Waals surface area contributed by atoms with Gasteiger partial charge >= 0.3 is 0 Å². The molecule has 0 radical (unpaired) electrons. The fourth-order valence-electron chi connectivity index (χ4n) is 0.988. The van der Waals surface area contributed by atoms with Crippen LogP contribution >= 0.6 is 34.2 Å². The van der Waals surface area contributed by atoms with E-state index < -0.39 is 11.9 Å². The molecule has 1 rings (SSSR count). The van der Waals surface area contributed by atoms with Crippen LogP contribution in [0.15, 0.2) is 18.2 Å². The molecule has 0 aliphatic carbocycles. The Morgan fingerprint density at radius 3 is 2.62 bits per heavy atom. The Kier molecular flexibility index (Phi) is 4.55. The van der Waals surface area contributed by atoms with Crippen LogP contribution in [0.3, 0.4) is 0 Å². The van der Waals surface area contributed by atoms with E-state index in [1.165, 1.54) is 6.92 Å². The Morgan fingerprint density at radius 2 is 2.12 bits per heavy atom. The van der Waals surface area contributed by atoms with E-state index in [1.54, 1.807) is 18.2 Å². The number of nitrogens with one attached hydrogen (secondary N) is 1. The van der Waals surface area contributed by atoms with Crippen molar-refractivity contribution in [2.45, 2.75) is 13.0 Å². The molecule has 3 N–H and O–H groups in total. The highest BCUT2D eigenvalue weighted by molar-refractivity contribution is 14.1. The number of rotatable bonds is 3. The summed E-state index contributed by atoms with van der Waals surface area (Å²) in [6.07, 6.45) is 0. The third-order valence-electron chi connectivity index (χ3n) is 1.96. The highest BCUT2D eigenvalue weighted by atomic mass is 127. The number of hydrogen-bond acceptors (Lipinski definition) is 2. The number of benzene rings is 1. The first-order chi connectivity index (χ1) is 7.41. The van der Waals surface area contributed by atoms with E-state index in [0.29, 0.717) is 10.6 Å². The maximum Gasteiger partial charge on any atom is 0.251 e. The maximum absolute atomic E-state index is 11.6. The van der Waals surface area contributed by atoms with E-state index in [4.69, 9.17) is 17.3 Å². The molecule has 86 valence electrons. The highest BCUT2D eigenvalue weighted by Gasteiger charge is 2.14. The van der Waals surface area contributed by atoms with Crippen LogP contribution in [-0.4, -0.2) is 17.9 Å². The van der Waals surface area contributed by atoms with Gasteiger partial charge in [-0.3, -0.25) is 9.59 Å². The monoisotopic (exact) mass is 352 g/mol. The lowest BCUT2D eigenvalue weighted by Crippen LogP contribution is -2.42. The number of carbonyl (C=O) groups excluding carboxylic acids is 2. The first-order valence-electron chi connectivity index (χ1n) is 4.47. The van der Waals surface area contributed by atoms with Gasteiger partial charge in [0.2, 0.25) is 5.91 Å². The molecule has 0 fully saturated rings. The summed E-state index contributed by atoms with van der Waals surface area (Å²) in [6.45, 7) is 1.52. The average Bonchev–Trinajstić information content (AvgIpc) is 2.21. The summed E-state index contributed by atoms with van der Waals surface area (Å²) >= 11 is 7.94. The zero-order valence-electron chi connectivity index (χ0n) is 8.46. The van der Waals surface area contributed by atoms with Crippen molar-refractivity contribution in [3.63, 3.8) is 0 Å². The van der Waals surface area contributed by atoms with Gasteiger partial charge in [0.1, 0.15) is 6.04 Å². The summed E-state index contributed by atoms with van der Waals surface area (Å²) in [4.78, 5) is 22.4. The van der Waals surface area contributed by atoms with E-state index >= 15 is 0 Å². The number of carbonyl (C=O) groups is 2. The molecule has 0 aliphatic heterocycles. The molecular weight excluding hydrogens is 342 g/mol. The molecule has 1 aromatic carbocycles. The number of hydrogen-bond donors (Lipinski definition) is 2. The van der Waals surface area contributed by atoms with Crippen LogP contribution in [0.2, 0.25) is 5.02 Å². The zero-order valence-corrected chi connectivity index (χ0v) is 11.4. The fourth-order valence-corrected chi connectivity index (χ4v) is 1.50. The van der Waals surface area contributed by atoms with Crippen LogP contribution in [0, 0.1) is 3.57 Å². The van der Waals surface area contributed by atoms with Gasteiger partial charge in [-0.25, -0.2) is 0 Å². The van der Waals surface area contributed by atoms with Gasteiger partial charge < -0.3 is 11.1 Å². The third kappa shape index (κ3) is 3.34. The van der Waals surface area contributed by atoms with Crippen molar-refractivity contribution < 1.29 is 9.59 Å². The molecule has 0 saturated carbocycles. The van der Waals surface area contributed by atoms with E-state index in [2.05, 4.69) is 27.9 Å². The molecule has 0 spiro atoms. The molecule has 1 unspecified atom stereocenters. The second-order valence-corrected chi connectivity index (χ2v) is 4.80. The van der Waals surface area contributed by atoms with Crippen molar-refractivity contribution in [1.29, 1.82) is 0 Å². The minimum absolute atomic E-state index is 0.371. The predicted molar refractivity (Wildman–Crippen MR) is 70.3 cm³/mol. The summed E-state index contributed by atoms with van der Waals surface area (Å²) in [7, 11) is 0. The van der Waals surface area contributed by atoms with Gasteiger partial charge in [0.25, 0.3) is 5.91 Å². The van der Waals surface area contributed by atoms with Crippen molar-refractivity contribution in [1.82, 2.24) is 5.32 Å². The smallest absolute Gasteiger partial charge is 0.251 e. The highest BCUT2D eigenvalue weighted by Crippen LogP contribution is 2.19. The summed E-state index contributed by atoms with van der Waals surface area (Å²) in [5, 5.41) is 2.97. The molecule has 0 aliphatic rings. The fraction of sp³-hybridized carbons (Fsp3) is 0.200. The molecule has 0 bridgehead atoms.